The van der Waals surface area contributed by atoms with Crippen molar-refractivity contribution < 1.29 is 9.53 Å². The first-order chi connectivity index (χ1) is 8.40. The van der Waals surface area contributed by atoms with E-state index in [2.05, 4.69) is 9.83 Å². The van der Waals surface area contributed by atoms with Gasteiger partial charge < -0.3 is 9.58 Å². The topological polar surface area (TPSA) is 48.5 Å². The number of carbonyl (C=O) groups excluding carboxylic acids is 1. The van der Waals surface area contributed by atoms with Gasteiger partial charge in [-0.15, -0.1) is 0 Å². The van der Waals surface area contributed by atoms with Gasteiger partial charge in [0, 0.05) is 6.42 Å². The average molecular weight is 247 g/mol. The van der Waals surface area contributed by atoms with Crippen LogP contribution in [0.15, 0.2) is 6.33 Å². The van der Waals surface area contributed by atoms with Gasteiger partial charge in [0.15, 0.2) is 0 Å². The number of ether oxygens (including phenoxy) is 1. The van der Waals surface area contributed by atoms with Gasteiger partial charge in [0.2, 0.25) is 6.04 Å². The fourth-order valence-electron chi connectivity index (χ4n) is 2.05. The van der Waals surface area contributed by atoms with Gasteiger partial charge >= 0.3 is 6.09 Å². The van der Waals surface area contributed by atoms with Gasteiger partial charge in [-0.2, -0.15) is 0 Å². The lowest BCUT2D eigenvalue weighted by atomic mass is 9.96. The summed E-state index contributed by atoms with van der Waals surface area (Å²) in [7, 11) is 0. The minimum atomic E-state index is -0.512. The van der Waals surface area contributed by atoms with Crippen LogP contribution in [0, 0.1) is 6.57 Å². The van der Waals surface area contributed by atoms with Gasteiger partial charge in [-0.1, -0.05) is 0 Å². The Hall–Kier alpha value is -1.83. The third-order valence-corrected chi connectivity index (χ3v) is 2.87. The van der Waals surface area contributed by atoms with Crippen molar-refractivity contribution in [1.82, 2.24) is 9.55 Å². The third kappa shape index (κ3) is 2.53. The fourth-order valence-corrected chi connectivity index (χ4v) is 2.05. The van der Waals surface area contributed by atoms with Crippen LogP contribution < -0.4 is 0 Å². The molecule has 1 atom stereocenters. The Labute approximate surface area is 107 Å². The first kappa shape index (κ1) is 12.6. The molecule has 96 valence electrons. The summed E-state index contributed by atoms with van der Waals surface area (Å²) in [6.45, 7) is 12.6. The van der Waals surface area contributed by atoms with Crippen LogP contribution in [-0.4, -0.2) is 27.3 Å². The lowest BCUT2D eigenvalue weighted by Crippen LogP contribution is -2.28. The van der Waals surface area contributed by atoms with Crippen molar-refractivity contribution in [2.45, 2.75) is 51.7 Å². The molecule has 0 spiro atoms. The molecule has 18 heavy (non-hydrogen) atoms. The molecule has 5 heteroatoms. The van der Waals surface area contributed by atoms with Gasteiger partial charge in [0.05, 0.1) is 17.8 Å². The number of hydrogen-bond acceptors (Lipinski definition) is 3. The second-order valence-corrected chi connectivity index (χ2v) is 5.51. The molecule has 0 saturated heterocycles. The zero-order valence-corrected chi connectivity index (χ0v) is 10.9. The van der Waals surface area contributed by atoms with Crippen molar-refractivity contribution in [3.05, 3.63) is 29.1 Å². The van der Waals surface area contributed by atoms with Crippen molar-refractivity contribution in [3.8, 4) is 0 Å². The molecule has 0 saturated carbocycles. The van der Waals surface area contributed by atoms with Crippen LogP contribution in [0.2, 0.25) is 0 Å². The predicted octanol–water partition coefficient (Wildman–Crippen LogP) is 2.44. The van der Waals surface area contributed by atoms with Gasteiger partial charge in [0.1, 0.15) is 11.9 Å². The van der Waals surface area contributed by atoms with Crippen LogP contribution in [0.4, 0.5) is 4.79 Å². The van der Waals surface area contributed by atoms with Gasteiger partial charge in [0.25, 0.3) is 0 Å². The Bertz CT molecular complexity index is 505. The standard InChI is InChI=1S/C13H17N3O2/c1-13(2,3)18-12(17)16-8-15-10-7-9(14-4)5-6-11(10)16/h8-9H,5-7H2,1-3H3. The number of rotatable bonds is 0. The summed E-state index contributed by atoms with van der Waals surface area (Å²) >= 11 is 0. The minimum absolute atomic E-state index is 0.000475. The Morgan fingerprint density at radius 2 is 2.33 bits per heavy atom. The maximum atomic E-state index is 12.0. The molecule has 1 aliphatic carbocycles. The molecule has 0 radical (unpaired) electrons. The third-order valence-electron chi connectivity index (χ3n) is 2.87. The highest BCUT2D eigenvalue weighted by atomic mass is 16.6. The molecule has 1 unspecified atom stereocenters. The van der Waals surface area contributed by atoms with Crippen molar-refractivity contribution in [1.29, 1.82) is 0 Å². The lowest BCUT2D eigenvalue weighted by Gasteiger charge is -2.21. The maximum Gasteiger partial charge on any atom is 0.420 e. The van der Waals surface area contributed by atoms with Crippen molar-refractivity contribution >= 4 is 6.09 Å². The maximum absolute atomic E-state index is 12.0. The molecule has 0 aliphatic heterocycles. The number of aromatic nitrogens is 2. The molecular formula is C13H17N3O2. The average Bonchev–Trinajstić information content (AvgIpc) is 2.69. The van der Waals surface area contributed by atoms with Gasteiger partial charge in [-0.3, -0.25) is 0 Å². The van der Waals surface area contributed by atoms with Crippen LogP contribution in [0.1, 0.15) is 38.6 Å². The van der Waals surface area contributed by atoms with Crippen molar-refractivity contribution in [2.24, 2.45) is 0 Å². The van der Waals surface area contributed by atoms with E-state index in [-0.39, 0.29) is 6.04 Å². The first-order valence-electron chi connectivity index (χ1n) is 6.05. The zero-order valence-electron chi connectivity index (χ0n) is 10.9. The minimum Gasteiger partial charge on any atom is -0.443 e. The summed E-state index contributed by atoms with van der Waals surface area (Å²) in [6.07, 6.45) is 3.24. The van der Waals surface area contributed by atoms with E-state index >= 15 is 0 Å². The lowest BCUT2D eigenvalue weighted by molar-refractivity contribution is 0.0531. The number of nitrogens with zero attached hydrogens (tertiary/aromatic N) is 3. The van der Waals surface area contributed by atoms with Gasteiger partial charge in [-0.25, -0.2) is 20.9 Å². The van der Waals surface area contributed by atoms with E-state index in [1.54, 1.807) is 0 Å². The molecule has 1 aromatic heterocycles. The quantitative estimate of drug-likeness (QED) is 0.662. The normalized spacial score (nSPS) is 18.9. The highest BCUT2D eigenvalue weighted by Crippen LogP contribution is 2.23. The smallest absolute Gasteiger partial charge is 0.420 e. The van der Waals surface area contributed by atoms with Crippen molar-refractivity contribution in [2.75, 3.05) is 0 Å². The molecular weight excluding hydrogens is 230 g/mol. The Kier molecular flexibility index (Phi) is 3.12. The van der Waals surface area contributed by atoms with Crippen LogP contribution in [0.5, 0.6) is 0 Å². The summed E-state index contributed by atoms with van der Waals surface area (Å²) in [5, 5.41) is 0. The SMILES string of the molecule is [C-]#[N+]C1CCc2c(ncn2C(=O)OC(C)(C)C)C1. The molecule has 0 amide bonds. The Morgan fingerprint density at radius 3 is 2.94 bits per heavy atom. The molecule has 0 aromatic carbocycles. The van der Waals surface area contributed by atoms with E-state index in [0.717, 1.165) is 17.8 Å². The van der Waals surface area contributed by atoms with Crippen LogP contribution in [-0.2, 0) is 17.6 Å². The molecule has 5 nitrogen and oxygen atoms in total. The highest BCUT2D eigenvalue weighted by Gasteiger charge is 2.29. The molecule has 0 N–H and O–H groups in total. The molecule has 1 heterocycles. The number of carbonyl (C=O) groups is 1. The summed E-state index contributed by atoms with van der Waals surface area (Å²) in [5.74, 6) is 0. The van der Waals surface area contributed by atoms with Crippen LogP contribution in [0.25, 0.3) is 4.85 Å². The van der Waals surface area contributed by atoms with E-state index in [9.17, 15) is 4.79 Å². The van der Waals surface area contributed by atoms with Gasteiger partial charge in [-0.05, 0) is 27.2 Å². The molecule has 1 aliphatic rings. The Balaban J connectivity index is 2.20. The summed E-state index contributed by atoms with van der Waals surface area (Å²) in [5.41, 5.74) is 1.24. The first-order valence-corrected chi connectivity index (χ1v) is 6.05. The van der Waals surface area contributed by atoms with E-state index in [4.69, 9.17) is 11.3 Å². The predicted molar refractivity (Wildman–Crippen MR) is 66.3 cm³/mol. The van der Waals surface area contributed by atoms with E-state index in [1.165, 1.54) is 10.9 Å². The second-order valence-electron chi connectivity index (χ2n) is 5.51. The number of fused-ring (bicyclic) bond motifs is 1. The molecule has 0 fully saturated rings. The van der Waals surface area contributed by atoms with E-state index < -0.39 is 11.7 Å². The fraction of sp³-hybridized carbons (Fsp3) is 0.615. The van der Waals surface area contributed by atoms with E-state index in [1.807, 2.05) is 20.8 Å². The zero-order chi connectivity index (χ0) is 13.3. The monoisotopic (exact) mass is 247 g/mol. The van der Waals surface area contributed by atoms with Crippen LogP contribution >= 0.6 is 0 Å². The largest absolute Gasteiger partial charge is 0.443 e. The molecule has 2 rings (SSSR count). The molecule has 0 bridgehead atoms. The number of imidazole rings is 1. The number of hydrogen-bond donors (Lipinski definition) is 0. The van der Waals surface area contributed by atoms with E-state index in [0.29, 0.717) is 12.8 Å². The second kappa shape index (κ2) is 4.45. The molecule has 1 aromatic rings. The van der Waals surface area contributed by atoms with Crippen LogP contribution in [0.3, 0.4) is 0 Å². The Morgan fingerprint density at radius 1 is 1.61 bits per heavy atom. The van der Waals surface area contributed by atoms with Crippen molar-refractivity contribution in [3.63, 3.8) is 0 Å². The summed E-state index contributed by atoms with van der Waals surface area (Å²) in [4.78, 5) is 19.8. The summed E-state index contributed by atoms with van der Waals surface area (Å²) in [6, 6.07) is -0.000475. The summed E-state index contributed by atoms with van der Waals surface area (Å²) < 4.78 is 6.80. The highest BCUT2D eigenvalue weighted by molar-refractivity contribution is 5.72.